The molecule has 0 spiro atoms. The van der Waals surface area contributed by atoms with E-state index in [4.69, 9.17) is 9.47 Å². The first-order chi connectivity index (χ1) is 9.76. The maximum Gasteiger partial charge on any atom is 0.128 e. The summed E-state index contributed by atoms with van der Waals surface area (Å²) in [6.07, 6.45) is 0.273. The number of ether oxygens (including phenoxy) is 2. The molecule has 3 rings (SSSR count). The second kappa shape index (κ2) is 5.17. The van der Waals surface area contributed by atoms with E-state index in [9.17, 15) is 5.11 Å². The van der Waals surface area contributed by atoms with Gasteiger partial charge in [-0.3, -0.25) is 0 Å². The van der Waals surface area contributed by atoms with Gasteiger partial charge in [0.2, 0.25) is 0 Å². The molecule has 0 saturated carbocycles. The Bertz CT molecular complexity index is 599. The van der Waals surface area contributed by atoms with Crippen LogP contribution < -0.4 is 9.47 Å². The van der Waals surface area contributed by atoms with E-state index in [0.717, 1.165) is 12.0 Å². The zero-order valence-electron chi connectivity index (χ0n) is 11.7. The van der Waals surface area contributed by atoms with Crippen LogP contribution in [0.25, 0.3) is 0 Å². The summed E-state index contributed by atoms with van der Waals surface area (Å²) in [6, 6.07) is 13.8. The molecule has 0 amide bonds. The third-order valence-corrected chi connectivity index (χ3v) is 4.04. The molecule has 0 radical (unpaired) electrons. The van der Waals surface area contributed by atoms with Crippen LogP contribution >= 0.6 is 0 Å². The molecule has 3 nitrogen and oxygen atoms in total. The minimum Gasteiger partial charge on any atom is -0.496 e. The first kappa shape index (κ1) is 13.0. The Balaban J connectivity index is 1.98. The Morgan fingerprint density at radius 1 is 1.00 bits per heavy atom. The molecule has 20 heavy (non-hydrogen) atoms. The molecule has 0 saturated heterocycles. The van der Waals surface area contributed by atoms with Gasteiger partial charge in [-0.25, -0.2) is 0 Å². The van der Waals surface area contributed by atoms with Gasteiger partial charge in [-0.15, -0.1) is 0 Å². The molecular weight excluding hydrogens is 252 g/mol. The first-order valence-corrected chi connectivity index (χ1v) is 6.73. The molecular formula is C17H18O3. The lowest BCUT2D eigenvalue weighted by Gasteiger charge is -2.35. The van der Waals surface area contributed by atoms with Crippen LogP contribution in [0.3, 0.4) is 0 Å². The number of hydrogen-bond donors (Lipinski definition) is 1. The molecule has 104 valence electrons. The van der Waals surface area contributed by atoms with Crippen LogP contribution in [0.5, 0.6) is 11.5 Å². The maximum absolute atomic E-state index is 10.8. The molecule has 0 aliphatic heterocycles. The summed E-state index contributed by atoms with van der Waals surface area (Å²) in [7, 11) is 3.22. The quantitative estimate of drug-likeness (QED) is 0.928. The second-order valence-corrected chi connectivity index (χ2v) is 5.03. The molecule has 2 unspecified atom stereocenters. The van der Waals surface area contributed by atoms with Crippen LogP contribution in [-0.2, 0) is 6.42 Å². The Hall–Kier alpha value is -2.00. The number of aliphatic hydroxyl groups is 1. The van der Waals surface area contributed by atoms with E-state index >= 15 is 0 Å². The summed E-state index contributed by atoms with van der Waals surface area (Å²) in [5, 5.41) is 10.8. The number of rotatable bonds is 4. The van der Waals surface area contributed by atoms with Crippen molar-refractivity contribution in [3.8, 4) is 11.5 Å². The van der Waals surface area contributed by atoms with Crippen molar-refractivity contribution in [2.24, 2.45) is 0 Å². The zero-order chi connectivity index (χ0) is 14.1. The van der Waals surface area contributed by atoms with Crippen molar-refractivity contribution in [3.05, 3.63) is 59.2 Å². The molecule has 2 atom stereocenters. The van der Waals surface area contributed by atoms with Crippen molar-refractivity contribution in [1.29, 1.82) is 0 Å². The highest BCUT2D eigenvalue weighted by Gasteiger charge is 2.35. The summed E-state index contributed by atoms with van der Waals surface area (Å²) < 4.78 is 10.8. The van der Waals surface area contributed by atoms with Crippen LogP contribution in [0.1, 0.15) is 28.7 Å². The molecule has 0 fully saturated rings. The summed E-state index contributed by atoms with van der Waals surface area (Å²) in [4.78, 5) is 0. The normalized spacial score (nSPS) is 17.9. The average molecular weight is 270 g/mol. The fourth-order valence-corrected chi connectivity index (χ4v) is 2.95. The molecule has 3 heteroatoms. The van der Waals surface area contributed by atoms with Crippen molar-refractivity contribution in [3.63, 3.8) is 0 Å². The number of benzene rings is 2. The van der Waals surface area contributed by atoms with Crippen molar-refractivity contribution in [2.75, 3.05) is 14.2 Å². The lowest BCUT2D eigenvalue weighted by molar-refractivity contribution is 0.127. The van der Waals surface area contributed by atoms with Crippen molar-refractivity contribution < 1.29 is 14.6 Å². The number of aliphatic hydroxyl groups excluding tert-OH is 1. The van der Waals surface area contributed by atoms with Gasteiger partial charge in [0.1, 0.15) is 11.5 Å². The Kier molecular flexibility index (Phi) is 3.36. The molecule has 0 aromatic heterocycles. The zero-order valence-corrected chi connectivity index (χ0v) is 11.7. The number of hydrogen-bond acceptors (Lipinski definition) is 3. The average Bonchev–Trinajstić information content (AvgIpc) is 2.47. The van der Waals surface area contributed by atoms with E-state index in [1.807, 2.05) is 30.3 Å². The van der Waals surface area contributed by atoms with Gasteiger partial charge in [0.15, 0.2) is 0 Å². The van der Waals surface area contributed by atoms with Crippen molar-refractivity contribution >= 4 is 0 Å². The third kappa shape index (κ3) is 1.95. The Morgan fingerprint density at radius 3 is 2.25 bits per heavy atom. The molecule has 0 heterocycles. The van der Waals surface area contributed by atoms with Gasteiger partial charge in [-0.2, -0.15) is 0 Å². The fourth-order valence-electron chi connectivity index (χ4n) is 2.95. The third-order valence-electron chi connectivity index (χ3n) is 4.04. The van der Waals surface area contributed by atoms with Crippen molar-refractivity contribution in [1.82, 2.24) is 0 Å². The summed E-state index contributed by atoms with van der Waals surface area (Å²) >= 11 is 0. The smallest absolute Gasteiger partial charge is 0.128 e. The topological polar surface area (TPSA) is 38.7 Å². The van der Waals surface area contributed by atoms with E-state index in [1.165, 1.54) is 11.1 Å². The Labute approximate surface area is 118 Å². The molecule has 0 bridgehead atoms. The van der Waals surface area contributed by atoms with E-state index in [1.54, 1.807) is 14.2 Å². The molecule has 2 aromatic carbocycles. The monoisotopic (exact) mass is 270 g/mol. The van der Waals surface area contributed by atoms with Gasteiger partial charge < -0.3 is 14.6 Å². The summed E-state index contributed by atoms with van der Waals surface area (Å²) in [5.41, 5.74) is 3.26. The van der Waals surface area contributed by atoms with Gasteiger partial charge >= 0.3 is 0 Å². The highest BCUT2D eigenvalue weighted by Crippen LogP contribution is 2.47. The van der Waals surface area contributed by atoms with E-state index in [2.05, 4.69) is 12.1 Å². The van der Waals surface area contributed by atoms with E-state index < -0.39 is 6.10 Å². The maximum atomic E-state index is 10.8. The predicted octanol–water partition coefficient (Wildman–Crippen LogP) is 3.08. The Morgan fingerprint density at radius 2 is 1.65 bits per heavy atom. The standard InChI is InChI=1S/C17H18O3/c1-19-14-8-5-9-15(20-2)16(14)17(18)13-10-11-6-3-4-7-12(11)13/h3-9,13,17-18H,10H2,1-2H3. The van der Waals surface area contributed by atoms with Gasteiger partial charge in [0, 0.05) is 5.92 Å². The number of fused-ring (bicyclic) bond motifs is 1. The fraction of sp³-hybridized carbons (Fsp3) is 0.294. The minimum atomic E-state index is -0.615. The lowest BCUT2D eigenvalue weighted by Crippen LogP contribution is -2.24. The molecule has 1 N–H and O–H groups in total. The van der Waals surface area contributed by atoms with Gasteiger partial charge in [-0.05, 0) is 29.7 Å². The van der Waals surface area contributed by atoms with Crippen LogP contribution in [0.15, 0.2) is 42.5 Å². The van der Waals surface area contributed by atoms with Crippen LogP contribution in [-0.4, -0.2) is 19.3 Å². The molecule has 1 aliphatic rings. The lowest BCUT2D eigenvalue weighted by atomic mass is 9.72. The van der Waals surface area contributed by atoms with Gasteiger partial charge in [0.25, 0.3) is 0 Å². The highest BCUT2D eigenvalue weighted by molar-refractivity contribution is 5.50. The first-order valence-electron chi connectivity index (χ1n) is 6.73. The van der Waals surface area contributed by atoms with E-state index in [-0.39, 0.29) is 5.92 Å². The molecule has 1 aliphatic carbocycles. The number of methoxy groups -OCH3 is 2. The SMILES string of the molecule is COc1cccc(OC)c1C(O)C1Cc2ccccc21. The van der Waals surface area contributed by atoms with Crippen molar-refractivity contribution in [2.45, 2.75) is 18.4 Å². The van der Waals surface area contributed by atoms with Crippen LogP contribution in [0.2, 0.25) is 0 Å². The predicted molar refractivity (Wildman–Crippen MR) is 77.4 cm³/mol. The van der Waals surface area contributed by atoms with E-state index in [0.29, 0.717) is 11.5 Å². The van der Waals surface area contributed by atoms with Crippen LogP contribution in [0, 0.1) is 0 Å². The molecule has 2 aromatic rings. The summed E-state index contributed by atoms with van der Waals surface area (Å²) in [6.45, 7) is 0. The largest absolute Gasteiger partial charge is 0.496 e. The minimum absolute atomic E-state index is 0.108. The second-order valence-electron chi connectivity index (χ2n) is 5.03. The van der Waals surface area contributed by atoms with Gasteiger partial charge in [0.05, 0.1) is 25.9 Å². The van der Waals surface area contributed by atoms with Gasteiger partial charge in [-0.1, -0.05) is 30.3 Å². The summed E-state index contributed by atoms with van der Waals surface area (Å²) in [5.74, 6) is 1.44. The highest BCUT2D eigenvalue weighted by atomic mass is 16.5. The van der Waals surface area contributed by atoms with Crippen LogP contribution in [0.4, 0.5) is 0 Å².